The Bertz CT molecular complexity index is 806. The molecule has 1 heterocycles. The summed E-state index contributed by atoms with van der Waals surface area (Å²) in [5.41, 5.74) is 6.19. The second-order valence-electron chi connectivity index (χ2n) is 6.98. The van der Waals surface area contributed by atoms with E-state index in [-0.39, 0.29) is 5.91 Å². The molecule has 3 heteroatoms. The quantitative estimate of drug-likeness (QED) is 0.883. The zero-order valence-corrected chi connectivity index (χ0v) is 14.3. The first-order valence-corrected chi connectivity index (χ1v) is 7.94. The number of rotatable bonds is 2. The molecule has 3 rings (SSSR count). The molecule has 0 radical (unpaired) electrons. The van der Waals surface area contributed by atoms with Crippen molar-refractivity contribution in [3.8, 4) is 0 Å². The maximum Gasteiger partial charge on any atom is 0.234 e. The maximum atomic E-state index is 12.2. The van der Waals surface area contributed by atoms with Crippen molar-refractivity contribution in [3.63, 3.8) is 0 Å². The zero-order valence-electron chi connectivity index (χ0n) is 14.3. The topological polar surface area (TPSA) is 49.3 Å². The Balaban J connectivity index is 2.19. The molecule has 1 aliphatic heterocycles. The Morgan fingerprint density at radius 3 is 2.35 bits per heavy atom. The number of carbonyl (C=O) groups excluding carboxylic acids is 1. The molecule has 0 saturated carbocycles. The number of amides is 1. The smallest absolute Gasteiger partial charge is 0.234 e. The summed E-state index contributed by atoms with van der Waals surface area (Å²) in [5, 5.41) is 13.9. The van der Waals surface area contributed by atoms with E-state index in [4.69, 9.17) is 0 Å². The summed E-state index contributed by atoms with van der Waals surface area (Å²) in [6.07, 6.45) is -0.688. The van der Waals surface area contributed by atoms with Crippen LogP contribution in [0.15, 0.2) is 30.3 Å². The van der Waals surface area contributed by atoms with Crippen molar-refractivity contribution in [2.75, 3.05) is 5.32 Å². The minimum absolute atomic E-state index is 0.0116. The highest BCUT2D eigenvalue weighted by atomic mass is 16.3. The Morgan fingerprint density at radius 2 is 1.70 bits per heavy atom. The molecule has 0 aromatic heterocycles. The number of carbonyl (C=O) groups is 1. The minimum Gasteiger partial charge on any atom is -0.384 e. The third kappa shape index (κ3) is 2.27. The maximum absolute atomic E-state index is 12.2. The van der Waals surface area contributed by atoms with Gasteiger partial charge in [0, 0.05) is 5.69 Å². The van der Waals surface area contributed by atoms with Crippen LogP contribution in [-0.4, -0.2) is 11.0 Å². The summed E-state index contributed by atoms with van der Waals surface area (Å²) in [5.74, 6) is 0.0116. The van der Waals surface area contributed by atoms with Crippen molar-refractivity contribution in [1.29, 1.82) is 0 Å². The number of hydrogen-bond donors (Lipinski definition) is 2. The van der Waals surface area contributed by atoms with Gasteiger partial charge in [0.05, 0.1) is 5.41 Å². The number of fused-ring (bicyclic) bond motifs is 1. The van der Waals surface area contributed by atoms with Crippen molar-refractivity contribution in [2.45, 2.75) is 46.1 Å². The van der Waals surface area contributed by atoms with E-state index >= 15 is 0 Å². The predicted octanol–water partition coefficient (Wildman–Crippen LogP) is 3.92. The monoisotopic (exact) mass is 309 g/mol. The van der Waals surface area contributed by atoms with E-state index in [1.54, 1.807) is 0 Å². The lowest BCUT2D eigenvalue weighted by atomic mass is 9.81. The van der Waals surface area contributed by atoms with E-state index in [1.807, 2.05) is 65.0 Å². The van der Waals surface area contributed by atoms with E-state index in [2.05, 4.69) is 5.32 Å². The first-order valence-electron chi connectivity index (χ1n) is 7.94. The van der Waals surface area contributed by atoms with Gasteiger partial charge < -0.3 is 10.4 Å². The van der Waals surface area contributed by atoms with Gasteiger partial charge in [0.15, 0.2) is 0 Å². The Kier molecular flexibility index (Phi) is 3.56. The highest BCUT2D eigenvalue weighted by molar-refractivity contribution is 6.06. The summed E-state index contributed by atoms with van der Waals surface area (Å²) < 4.78 is 0. The van der Waals surface area contributed by atoms with E-state index in [9.17, 15) is 9.90 Å². The van der Waals surface area contributed by atoms with Crippen LogP contribution in [0, 0.1) is 20.8 Å². The van der Waals surface area contributed by atoms with E-state index in [0.29, 0.717) is 0 Å². The number of aliphatic hydroxyl groups is 1. The molecule has 2 aromatic carbocycles. The van der Waals surface area contributed by atoms with Crippen LogP contribution in [0.4, 0.5) is 5.69 Å². The molecular formula is C20H23NO2. The summed E-state index contributed by atoms with van der Waals surface area (Å²) >= 11 is 0. The fraction of sp³-hybridized carbons (Fsp3) is 0.350. The van der Waals surface area contributed by atoms with Gasteiger partial charge in [-0.1, -0.05) is 24.3 Å². The molecule has 1 atom stereocenters. The van der Waals surface area contributed by atoms with Crippen LogP contribution in [0.25, 0.3) is 0 Å². The number of benzene rings is 2. The van der Waals surface area contributed by atoms with E-state index < -0.39 is 11.5 Å². The summed E-state index contributed by atoms with van der Waals surface area (Å²) in [6.45, 7) is 9.86. The van der Waals surface area contributed by atoms with Gasteiger partial charge in [-0.2, -0.15) is 0 Å². The van der Waals surface area contributed by atoms with Crippen LogP contribution in [0.2, 0.25) is 0 Å². The van der Waals surface area contributed by atoms with Gasteiger partial charge >= 0.3 is 0 Å². The molecule has 120 valence electrons. The van der Waals surface area contributed by atoms with Gasteiger partial charge in [-0.25, -0.2) is 0 Å². The molecule has 0 aliphatic carbocycles. The van der Waals surface area contributed by atoms with Gasteiger partial charge in [-0.05, 0) is 74.1 Å². The molecule has 23 heavy (non-hydrogen) atoms. The second-order valence-corrected chi connectivity index (χ2v) is 6.98. The van der Waals surface area contributed by atoms with Gasteiger partial charge in [-0.15, -0.1) is 0 Å². The fourth-order valence-electron chi connectivity index (χ4n) is 3.33. The van der Waals surface area contributed by atoms with Crippen LogP contribution in [0.5, 0.6) is 0 Å². The standard InChI is InChI=1S/C20H23NO2/c1-11-8-6-7-9-14(11)18(22)15-10-16-17(13(3)12(15)2)21-19(23)20(16,4)5/h6-10,18,22H,1-5H3,(H,21,23). The molecular weight excluding hydrogens is 286 g/mol. The largest absolute Gasteiger partial charge is 0.384 e. The van der Waals surface area contributed by atoms with Crippen LogP contribution < -0.4 is 5.32 Å². The average molecular weight is 309 g/mol. The first-order chi connectivity index (χ1) is 10.7. The highest BCUT2D eigenvalue weighted by Gasteiger charge is 2.40. The van der Waals surface area contributed by atoms with Crippen molar-refractivity contribution >= 4 is 11.6 Å². The fourth-order valence-corrected chi connectivity index (χ4v) is 3.33. The summed E-state index contributed by atoms with van der Waals surface area (Å²) in [7, 11) is 0. The molecule has 0 fully saturated rings. The number of aliphatic hydroxyl groups excluding tert-OH is 1. The highest BCUT2D eigenvalue weighted by Crippen LogP contribution is 2.43. The summed E-state index contributed by atoms with van der Waals surface area (Å²) in [4.78, 5) is 12.2. The van der Waals surface area contributed by atoms with E-state index in [1.165, 1.54) is 0 Å². The lowest BCUT2D eigenvalue weighted by Gasteiger charge is -2.22. The van der Waals surface area contributed by atoms with Crippen molar-refractivity contribution in [1.82, 2.24) is 0 Å². The summed E-state index contributed by atoms with van der Waals surface area (Å²) in [6, 6.07) is 9.86. The Morgan fingerprint density at radius 1 is 1.04 bits per heavy atom. The number of nitrogens with one attached hydrogen (secondary N) is 1. The third-order valence-electron chi connectivity index (χ3n) is 5.20. The molecule has 2 aromatic rings. The second kappa shape index (κ2) is 5.20. The van der Waals surface area contributed by atoms with Crippen LogP contribution >= 0.6 is 0 Å². The van der Waals surface area contributed by atoms with Crippen LogP contribution in [-0.2, 0) is 10.2 Å². The van der Waals surface area contributed by atoms with Crippen molar-refractivity contribution in [2.24, 2.45) is 0 Å². The molecule has 0 bridgehead atoms. The number of aryl methyl sites for hydroxylation is 1. The van der Waals surface area contributed by atoms with Crippen LogP contribution in [0.3, 0.4) is 0 Å². The number of hydrogen-bond acceptors (Lipinski definition) is 2. The zero-order chi connectivity index (χ0) is 16.9. The average Bonchev–Trinajstić information content (AvgIpc) is 2.73. The molecule has 0 spiro atoms. The first kappa shape index (κ1) is 15.8. The SMILES string of the molecule is Cc1ccccc1C(O)c1cc2c(c(C)c1C)NC(=O)C2(C)C. The molecule has 0 saturated heterocycles. The third-order valence-corrected chi connectivity index (χ3v) is 5.20. The van der Waals surface area contributed by atoms with Crippen LogP contribution in [0.1, 0.15) is 53.3 Å². The normalized spacial score (nSPS) is 16.9. The molecule has 2 N–H and O–H groups in total. The Labute approximate surface area is 137 Å². The van der Waals surface area contributed by atoms with Gasteiger partial charge in [0.1, 0.15) is 6.10 Å². The van der Waals surface area contributed by atoms with Gasteiger partial charge in [0.25, 0.3) is 0 Å². The lowest BCUT2D eigenvalue weighted by Crippen LogP contribution is -2.27. The number of anilines is 1. The van der Waals surface area contributed by atoms with E-state index in [0.717, 1.165) is 39.1 Å². The van der Waals surface area contributed by atoms with Gasteiger partial charge in [-0.3, -0.25) is 4.79 Å². The minimum atomic E-state index is -0.688. The predicted molar refractivity (Wildman–Crippen MR) is 92.8 cm³/mol. The molecule has 1 amide bonds. The molecule has 3 nitrogen and oxygen atoms in total. The molecule has 1 unspecified atom stereocenters. The van der Waals surface area contributed by atoms with Gasteiger partial charge in [0.2, 0.25) is 5.91 Å². The lowest BCUT2D eigenvalue weighted by molar-refractivity contribution is -0.119. The molecule has 1 aliphatic rings. The van der Waals surface area contributed by atoms with Crippen molar-refractivity contribution < 1.29 is 9.90 Å². The van der Waals surface area contributed by atoms with Crippen molar-refractivity contribution in [3.05, 3.63) is 63.7 Å². The Hall–Kier alpha value is -2.13.